The van der Waals surface area contributed by atoms with E-state index >= 15 is 0 Å². The first-order valence-electron chi connectivity index (χ1n) is 2.37. The molecule has 0 atom stereocenters. The first-order chi connectivity index (χ1) is 4.33. The Hall–Kier alpha value is -0.0505. The second-order valence-corrected chi connectivity index (χ2v) is 3.12. The van der Waals surface area contributed by atoms with E-state index in [0.29, 0.717) is 0 Å². The van der Waals surface area contributed by atoms with Gasteiger partial charge in [-0.2, -0.15) is 0 Å². The van der Waals surface area contributed by atoms with Crippen LogP contribution in [0.5, 0.6) is 0 Å². The van der Waals surface area contributed by atoms with Crippen LogP contribution in [0.3, 0.4) is 0 Å². The van der Waals surface area contributed by atoms with Crippen molar-refractivity contribution in [2.24, 2.45) is 0 Å². The van der Waals surface area contributed by atoms with E-state index < -0.39 is 0 Å². The molecule has 0 saturated heterocycles. The van der Waals surface area contributed by atoms with Crippen molar-refractivity contribution < 1.29 is 0 Å². The SMILES string of the molecule is CSc1ccc([Se])nn1. The molecule has 9 heavy (non-hydrogen) atoms. The standard InChI is InChI=1S/C5H5N2SSe/c1-8-4-2-3-5(9)7-6-4/h2-3H,1H3. The molecular weight excluding hydrogens is 199 g/mol. The molecule has 0 spiro atoms. The van der Waals surface area contributed by atoms with Gasteiger partial charge in [0.2, 0.25) is 0 Å². The first-order valence-corrected chi connectivity index (χ1v) is 4.46. The Labute approximate surface area is 66.3 Å². The van der Waals surface area contributed by atoms with Crippen molar-refractivity contribution in [2.75, 3.05) is 6.26 Å². The summed E-state index contributed by atoms with van der Waals surface area (Å²) in [4.78, 5) is 0. The second-order valence-electron chi connectivity index (χ2n) is 1.41. The van der Waals surface area contributed by atoms with Crippen molar-refractivity contribution in [3.05, 3.63) is 12.1 Å². The molecule has 1 aromatic rings. The molecule has 0 saturated carbocycles. The number of nitrogens with zero attached hydrogens (tertiary/aromatic N) is 2. The third-order valence-electron chi connectivity index (χ3n) is 0.825. The van der Waals surface area contributed by atoms with E-state index in [1.54, 1.807) is 11.8 Å². The molecule has 1 heterocycles. The summed E-state index contributed by atoms with van der Waals surface area (Å²) in [6.07, 6.45) is 1.98. The Bertz CT molecular complexity index is 187. The van der Waals surface area contributed by atoms with Gasteiger partial charge in [-0.15, -0.1) is 0 Å². The van der Waals surface area contributed by atoms with Gasteiger partial charge in [0.1, 0.15) is 0 Å². The molecule has 0 bridgehead atoms. The van der Waals surface area contributed by atoms with Gasteiger partial charge in [-0.05, 0) is 0 Å². The van der Waals surface area contributed by atoms with Crippen LogP contribution in [-0.2, 0) is 0 Å². The maximum absolute atomic E-state index is 3.88. The zero-order valence-electron chi connectivity index (χ0n) is 4.87. The Kier molecular flexibility index (Phi) is 2.51. The molecule has 1 aromatic heterocycles. The Balaban J connectivity index is 2.88. The van der Waals surface area contributed by atoms with Gasteiger partial charge in [-0.1, -0.05) is 0 Å². The van der Waals surface area contributed by atoms with Crippen LogP contribution < -0.4 is 4.59 Å². The molecule has 0 N–H and O–H groups in total. The molecular formula is C5H5N2SSe. The van der Waals surface area contributed by atoms with Crippen LogP contribution in [0.4, 0.5) is 0 Å². The predicted molar refractivity (Wildman–Crippen MR) is 39.2 cm³/mol. The number of aromatic nitrogens is 2. The fourth-order valence-corrected chi connectivity index (χ4v) is 0.972. The normalized spacial score (nSPS) is 9.44. The van der Waals surface area contributed by atoms with E-state index in [1.807, 2.05) is 18.4 Å². The third kappa shape index (κ3) is 1.97. The molecule has 0 amide bonds. The van der Waals surface area contributed by atoms with Gasteiger partial charge in [0.05, 0.1) is 0 Å². The Morgan fingerprint density at radius 2 is 2.22 bits per heavy atom. The summed E-state index contributed by atoms with van der Waals surface area (Å²) in [7, 11) is 0. The number of hydrogen-bond donors (Lipinski definition) is 0. The minimum absolute atomic E-state index is 0.841. The molecule has 0 aliphatic carbocycles. The van der Waals surface area contributed by atoms with Crippen LogP contribution in [0.2, 0.25) is 0 Å². The summed E-state index contributed by atoms with van der Waals surface area (Å²) in [5.74, 6) is 0. The zero-order valence-corrected chi connectivity index (χ0v) is 7.40. The summed E-state index contributed by atoms with van der Waals surface area (Å²) in [5.41, 5.74) is 0. The summed E-state index contributed by atoms with van der Waals surface area (Å²) in [6, 6.07) is 3.84. The van der Waals surface area contributed by atoms with Crippen molar-refractivity contribution in [1.82, 2.24) is 10.2 Å². The van der Waals surface area contributed by atoms with Crippen molar-refractivity contribution in [3.63, 3.8) is 0 Å². The minimum atomic E-state index is 0.841. The van der Waals surface area contributed by atoms with Crippen LogP contribution in [0.25, 0.3) is 0 Å². The average molecular weight is 204 g/mol. The predicted octanol–water partition coefficient (Wildman–Crippen LogP) is -0.00770. The molecule has 4 heteroatoms. The monoisotopic (exact) mass is 205 g/mol. The Morgan fingerprint density at radius 1 is 1.44 bits per heavy atom. The average Bonchev–Trinajstić information content (AvgIpc) is 1.90. The molecule has 1 radical (unpaired) electrons. The van der Waals surface area contributed by atoms with Crippen LogP contribution >= 0.6 is 11.8 Å². The number of thioether (sulfide) groups is 1. The van der Waals surface area contributed by atoms with E-state index in [1.165, 1.54) is 0 Å². The number of rotatable bonds is 1. The molecule has 0 fully saturated rings. The van der Waals surface area contributed by atoms with Crippen LogP contribution in [-0.4, -0.2) is 32.5 Å². The molecule has 1 rings (SSSR count). The first kappa shape index (κ1) is 7.06. The van der Waals surface area contributed by atoms with Gasteiger partial charge in [0, 0.05) is 0 Å². The molecule has 0 aromatic carbocycles. The third-order valence-corrected chi connectivity index (χ3v) is 1.92. The number of hydrogen-bond acceptors (Lipinski definition) is 3. The molecule has 0 unspecified atom stereocenters. The molecule has 2 nitrogen and oxygen atoms in total. The van der Waals surface area contributed by atoms with Gasteiger partial charge in [0.15, 0.2) is 0 Å². The quantitative estimate of drug-likeness (QED) is 0.475. The van der Waals surface area contributed by atoms with Gasteiger partial charge >= 0.3 is 66.0 Å². The fourth-order valence-electron chi connectivity index (χ4n) is 0.417. The molecule has 47 valence electrons. The van der Waals surface area contributed by atoms with Gasteiger partial charge in [-0.3, -0.25) is 0 Å². The summed E-state index contributed by atoms with van der Waals surface area (Å²) in [6.45, 7) is 0. The van der Waals surface area contributed by atoms with Gasteiger partial charge in [-0.25, -0.2) is 0 Å². The molecule has 0 aliphatic heterocycles. The zero-order chi connectivity index (χ0) is 6.69. The van der Waals surface area contributed by atoms with Crippen LogP contribution in [0, 0.1) is 0 Å². The van der Waals surface area contributed by atoms with Crippen LogP contribution in [0.1, 0.15) is 0 Å². The van der Waals surface area contributed by atoms with Crippen molar-refractivity contribution in [3.8, 4) is 0 Å². The summed E-state index contributed by atoms with van der Waals surface area (Å²) in [5, 5.41) is 8.65. The van der Waals surface area contributed by atoms with Gasteiger partial charge in [0.25, 0.3) is 0 Å². The maximum atomic E-state index is 3.88. The van der Waals surface area contributed by atoms with Crippen molar-refractivity contribution in [2.45, 2.75) is 5.03 Å². The van der Waals surface area contributed by atoms with E-state index in [-0.39, 0.29) is 0 Å². The topological polar surface area (TPSA) is 25.8 Å². The van der Waals surface area contributed by atoms with E-state index in [0.717, 1.165) is 9.62 Å². The Morgan fingerprint density at radius 3 is 2.67 bits per heavy atom. The van der Waals surface area contributed by atoms with E-state index in [4.69, 9.17) is 0 Å². The summed E-state index contributed by atoms with van der Waals surface area (Å²) < 4.78 is 0.841. The van der Waals surface area contributed by atoms with Gasteiger partial charge < -0.3 is 0 Å². The van der Waals surface area contributed by atoms with Crippen molar-refractivity contribution in [1.29, 1.82) is 0 Å². The van der Waals surface area contributed by atoms with E-state index in [2.05, 4.69) is 26.2 Å². The summed E-state index contributed by atoms with van der Waals surface area (Å²) >= 11 is 4.36. The fraction of sp³-hybridized carbons (Fsp3) is 0.200. The second kappa shape index (κ2) is 3.20. The molecule has 0 aliphatic rings. The van der Waals surface area contributed by atoms with Crippen LogP contribution in [0.15, 0.2) is 17.2 Å². The van der Waals surface area contributed by atoms with E-state index in [9.17, 15) is 0 Å². The van der Waals surface area contributed by atoms with Crippen molar-refractivity contribution >= 4 is 32.4 Å².